The number of ether oxygens (including phenoxy) is 1. The van der Waals surface area contributed by atoms with Crippen LogP contribution in [0, 0.1) is 12.7 Å². The van der Waals surface area contributed by atoms with Gasteiger partial charge in [-0.05, 0) is 85.1 Å². The molecular formula is C30H41FN6O6S. The van der Waals surface area contributed by atoms with Crippen molar-refractivity contribution in [3.8, 4) is 10.8 Å². The molecule has 0 saturated heterocycles. The molecule has 0 fully saturated rings. The van der Waals surface area contributed by atoms with Crippen LogP contribution in [0.3, 0.4) is 0 Å². The van der Waals surface area contributed by atoms with Crippen molar-refractivity contribution >= 4 is 27.5 Å². The van der Waals surface area contributed by atoms with Gasteiger partial charge in [-0.15, -0.1) is 4.80 Å². The summed E-state index contributed by atoms with van der Waals surface area (Å²) in [5.41, 5.74) is -2.24. The van der Waals surface area contributed by atoms with E-state index in [1.807, 2.05) is 0 Å². The van der Waals surface area contributed by atoms with Crippen LogP contribution in [0.4, 0.5) is 4.39 Å². The molecule has 3 heterocycles. The summed E-state index contributed by atoms with van der Waals surface area (Å²) in [6, 6.07) is 4.00. The van der Waals surface area contributed by atoms with Gasteiger partial charge in [-0.2, -0.15) is 10.2 Å². The second kappa shape index (κ2) is 13.8. The van der Waals surface area contributed by atoms with Gasteiger partial charge in [0, 0.05) is 24.8 Å². The van der Waals surface area contributed by atoms with Crippen LogP contribution in [-0.4, -0.2) is 65.6 Å². The predicted octanol–water partition coefficient (Wildman–Crippen LogP) is 2.90. The van der Waals surface area contributed by atoms with E-state index < -0.39 is 34.1 Å². The lowest BCUT2D eigenvalue weighted by Crippen LogP contribution is -2.56. The molecule has 12 nitrogen and oxygen atoms in total. The highest BCUT2D eigenvalue weighted by atomic mass is 32.1. The molecular weight excluding hydrogens is 591 g/mol. The quantitative estimate of drug-likeness (QED) is 0.241. The summed E-state index contributed by atoms with van der Waals surface area (Å²) in [6.45, 7) is 12.0. The van der Waals surface area contributed by atoms with Crippen molar-refractivity contribution in [1.82, 2.24) is 29.4 Å². The van der Waals surface area contributed by atoms with Gasteiger partial charge in [-0.3, -0.25) is 14.2 Å². The van der Waals surface area contributed by atoms with E-state index >= 15 is 0 Å². The summed E-state index contributed by atoms with van der Waals surface area (Å²) >= 11 is 1.20. The standard InChI is InChI=1S/C25H29FN6O4S.C5H12O2/c1-14(2)29-23(34)25(4,5)31-20(33)19-15(3)21(32-27-10-11-28-32)37-22(19)30(24(31)35)12-9-16-13-17(26)7-8-18(16)36-6;1-5(2,7)3-4-6/h7-8,10-11,13-14H,9,12H2,1-6H3,(H,29,34);6-7H,3-4H2,1-2H3. The Kier molecular flexibility index (Phi) is 10.9. The number of nitrogens with zero attached hydrogens (tertiary/aromatic N) is 5. The highest BCUT2D eigenvalue weighted by Crippen LogP contribution is 2.31. The molecule has 4 rings (SSSR count). The van der Waals surface area contributed by atoms with Crippen LogP contribution in [0.5, 0.6) is 5.75 Å². The first-order chi connectivity index (χ1) is 20.5. The zero-order chi connectivity index (χ0) is 33.0. The van der Waals surface area contributed by atoms with E-state index in [0.29, 0.717) is 38.5 Å². The number of carbonyl (C=O) groups is 1. The fraction of sp³-hybridized carbons (Fsp3) is 0.500. The molecule has 0 bridgehead atoms. The van der Waals surface area contributed by atoms with Crippen LogP contribution in [-0.2, 0) is 23.3 Å². The van der Waals surface area contributed by atoms with Gasteiger partial charge < -0.3 is 20.3 Å². The maximum atomic E-state index is 14.0. The third kappa shape index (κ3) is 7.60. The van der Waals surface area contributed by atoms with E-state index in [0.717, 1.165) is 4.57 Å². The average molecular weight is 633 g/mol. The SMILES string of the molecule is CC(C)(O)CCO.COc1ccc(F)cc1CCn1c(=O)n(C(C)(C)C(=O)NC(C)C)c(=O)c2c(C)c(-n3nccn3)sc21. The lowest BCUT2D eigenvalue weighted by atomic mass is 10.0. The number of aliphatic hydroxyl groups excluding tert-OH is 1. The minimum Gasteiger partial charge on any atom is -0.496 e. The number of fused-ring (bicyclic) bond motifs is 1. The van der Waals surface area contributed by atoms with Crippen LogP contribution in [0.2, 0.25) is 0 Å². The fourth-order valence-corrected chi connectivity index (χ4v) is 5.76. The fourth-order valence-electron chi connectivity index (χ4n) is 4.52. The summed E-state index contributed by atoms with van der Waals surface area (Å²) in [4.78, 5) is 42.6. The second-order valence-electron chi connectivity index (χ2n) is 11.8. The monoisotopic (exact) mass is 632 g/mol. The molecule has 0 unspecified atom stereocenters. The average Bonchev–Trinajstić information content (AvgIpc) is 3.56. The number of hydrogen-bond acceptors (Lipinski definition) is 9. The van der Waals surface area contributed by atoms with Crippen molar-refractivity contribution in [2.45, 2.75) is 85.0 Å². The van der Waals surface area contributed by atoms with Crippen molar-refractivity contribution in [3.63, 3.8) is 0 Å². The number of nitrogens with one attached hydrogen (secondary N) is 1. The Balaban J connectivity index is 0.000000676. The number of aromatic nitrogens is 5. The van der Waals surface area contributed by atoms with Crippen molar-refractivity contribution in [2.75, 3.05) is 13.7 Å². The Morgan fingerprint density at radius 1 is 1.16 bits per heavy atom. The Labute approximate surface area is 258 Å². The van der Waals surface area contributed by atoms with Crippen molar-refractivity contribution < 1.29 is 24.1 Å². The van der Waals surface area contributed by atoms with E-state index in [4.69, 9.17) is 14.9 Å². The highest BCUT2D eigenvalue weighted by Gasteiger charge is 2.35. The van der Waals surface area contributed by atoms with Gasteiger partial charge in [0.1, 0.15) is 26.9 Å². The van der Waals surface area contributed by atoms with Gasteiger partial charge in [0.05, 0.1) is 30.5 Å². The molecule has 3 N–H and O–H groups in total. The minimum atomic E-state index is -1.48. The maximum absolute atomic E-state index is 14.0. The van der Waals surface area contributed by atoms with Crippen LogP contribution >= 0.6 is 11.3 Å². The van der Waals surface area contributed by atoms with E-state index in [9.17, 15) is 18.8 Å². The number of rotatable bonds is 10. The Morgan fingerprint density at radius 2 is 1.80 bits per heavy atom. The summed E-state index contributed by atoms with van der Waals surface area (Å²) in [5, 5.41) is 29.1. The first kappa shape index (κ1) is 34.6. The van der Waals surface area contributed by atoms with Gasteiger partial charge in [-0.25, -0.2) is 13.8 Å². The van der Waals surface area contributed by atoms with E-state index in [1.165, 1.54) is 72.3 Å². The molecule has 0 aliphatic carbocycles. The number of aliphatic hydroxyl groups is 2. The molecule has 1 amide bonds. The second-order valence-corrected chi connectivity index (χ2v) is 12.8. The number of methoxy groups -OCH3 is 1. The lowest BCUT2D eigenvalue weighted by Gasteiger charge is -2.27. The van der Waals surface area contributed by atoms with Crippen LogP contribution in [0.1, 0.15) is 59.1 Å². The molecule has 0 aliphatic rings. The van der Waals surface area contributed by atoms with Crippen molar-refractivity contribution in [3.05, 3.63) is 68.4 Å². The van der Waals surface area contributed by atoms with E-state index in [2.05, 4.69) is 15.5 Å². The first-order valence-corrected chi connectivity index (χ1v) is 15.0. The third-order valence-electron chi connectivity index (χ3n) is 6.89. The van der Waals surface area contributed by atoms with Gasteiger partial charge >= 0.3 is 5.69 Å². The highest BCUT2D eigenvalue weighted by molar-refractivity contribution is 7.21. The van der Waals surface area contributed by atoms with Gasteiger partial charge in [0.2, 0.25) is 5.91 Å². The molecule has 4 aromatic rings. The zero-order valence-electron chi connectivity index (χ0n) is 26.3. The Hall–Kier alpha value is -3.88. The molecule has 14 heteroatoms. The maximum Gasteiger partial charge on any atom is 0.333 e. The van der Waals surface area contributed by atoms with Crippen molar-refractivity contribution in [2.24, 2.45) is 0 Å². The largest absolute Gasteiger partial charge is 0.496 e. The number of carbonyl (C=O) groups excluding carboxylic acids is 1. The smallest absolute Gasteiger partial charge is 0.333 e. The van der Waals surface area contributed by atoms with Crippen LogP contribution < -0.4 is 21.3 Å². The lowest BCUT2D eigenvalue weighted by molar-refractivity contribution is -0.129. The predicted molar refractivity (Wildman–Crippen MR) is 167 cm³/mol. The number of aryl methyl sites for hydroxylation is 3. The number of hydrogen-bond donors (Lipinski definition) is 3. The first-order valence-electron chi connectivity index (χ1n) is 14.2. The van der Waals surface area contributed by atoms with Gasteiger partial charge in [0.15, 0.2) is 0 Å². The summed E-state index contributed by atoms with van der Waals surface area (Å²) in [6.07, 6.45) is 3.74. The molecule has 0 saturated carbocycles. The third-order valence-corrected chi connectivity index (χ3v) is 8.17. The van der Waals surface area contributed by atoms with Gasteiger partial charge in [0.25, 0.3) is 5.56 Å². The number of benzene rings is 1. The normalized spacial score (nSPS) is 11.9. The summed E-state index contributed by atoms with van der Waals surface area (Å²) < 4.78 is 21.8. The Morgan fingerprint density at radius 3 is 2.32 bits per heavy atom. The number of thiophene rings is 1. The molecule has 3 aromatic heterocycles. The summed E-state index contributed by atoms with van der Waals surface area (Å²) in [5.74, 6) is -0.399. The summed E-state index contributed by atoms with van der Waals surface area (Å²) in [7, 11) is 1.49. The van der Waals surface area contributed by atoms with E-state index in [-0.39, 0.29) is 25.6 Å². The molecule has 0 aliphatic heterocycles. The topological polar surface area (TPSA) is 154 Å². The number of amides is 1. The molecule has 0 radical (unpaired) electrons. The molecule has 1 aromatic carbocycles. The Bertz CT molecular complexity index is 1720. The molecule has 0 atom stereocenters. The van der Waals surface area contributed by atoms with Crippen LogP contribution in [0.15, 0.2) is 40.2 Å². The molecule has 240 valence electrons. The van der Waals surface area contributed by atoms with Gasteiger partial charge in [-0.1, -0.05) is 11.3 Å². The number of halogens is 1. The minimum absolute atomic E-state index is 0.0590. The van der Waals surface area contributed by atoms with Crippen LogP contribution in [0.25, 0.3) is 15.2 Å². The van der Waals surface area contributed by atoms with Crippen molar-refractivity contribution in [1.29, 1.82) is 0 Å². The zero-order valence-corrected chi connectivity index (χ0v) is 27.2. The molecule has 0 spiro atoms. The van der Waals surface area contributed by atoms with E-state index in [1.54, 1.807) is 34.6 Å². The molecule has 44 heavy (non-hydrogen) atoms.